The van der Waals surface area contributed by atoms with Crippen molar-refractivity contribution in [2.24, 2.45) is 9.98 Å². The number of nitrogens with zero attached hydrogens (tertiary/aromatic N) is 2. The molecule has 0 atom stereocenters. The normalized spacial score (nSPS) is 11.0. The second-order valence-electron chi connectivity index (χ2n) is 3.20. The average Bonchev–Trinajstić information content (AvgIpc) is 2.30. The maximum absolute atomic E-state index is 4.35. The molecule has 0 N–H and O–H groups in total. The molecule has 0 unspecified atom stereocenters. The molecular formula is C13H12N2. The third-order valence-electron chi connectivity index (χ3n) is 2.31. The lowest BCUT2D eigenvalue weighted by Crippen LogP contribution is -1.75. The molecule has 0 aromatic heterocycles. The van der Waals surface area contributed by atoms with Crippen molar-refractivity contribution in [3.8, 4) is 0 Å². The lowest BCUT2D eigenvalue weighted by molar-refractivity contribution is 1.50. The summed E-state index contributed by atoms with van der Waals surface area (Å²) < 4.78 is 0. The Hall–Kier alpha value is -1.96. The van der Waals surface area contributed by atoms with Crippen LogP contribution in [0.1, 0.15) is 6.92 Å². The van der Waals surface area contributed by atoms with Crippen LogP contribution in [0.15, 0.2) is 46.4 Å². The fourth-order valence-electron chi connectivity index (χ4n) is 1.64. The van der Waals surface area contributed by atoms with Gasteiger partial charge in [-0.25, -0.2) is 0 Å². The summed E-state index contributed by atoms with van der Waals surface area (Å²) in [4.78, 5) is 8.32. The summed E-state index contributed by atoms with van der Waals surface area (Å²) in [5, 5.41) is 2.28. The average molecular weight is 196 g/mol. The van der Waals surface area contributed by atoms with Crippen molar-refractivity contribution in [2.75, 3.05) is 0 Å². The molecule has 0 aliphatic heterocycles. The first-order valence-corrected chi connectivity index (χ1v) is 4.84. The van der Waals surface area contributed by atoms with Gasteiger partial charge in [-0.2, -0.15) is 0 Å². The molecule has 2 aromatic rings. The van der Waals surface area contributed by atoms with E-state index in [1.54, 1.807) is 6.21 Å². The van der Waals surface area contributed by atoms with Gasteiger partial charge >= 0.3 is 0 Å². The summed E-state index contributed by atoms with van der Waals surface area (Å²) >= 11 is 0. The van der Waals surface area contributed by atoms with Gasteiger partial charge in [0.05, 0.1) is 11.4 Å². The van der Waals surface area contributed by atoms with Crippen molar-refractivity contribution in [3.63, 3.8) is 0 Å². The molecule has 15 heavy (non-hydrogen) atoms. The van der Waals surface area contributed by atoms with Gasteiger partial charge in [0, 0.05) is 11.6 Å². The molecule has 2 nitrogen and oxygen atoms in total. The van der Waals surface area contributed by atoms with E-state index in [4.69, 9.17) is 0 Å². The Morgan fingerprint density at radius 2 is 1.93 bits per heavy atom. The second-order valence-corrected chi connectivity index (χ2v) is 3.20. The zero-order chi connectivity index (χ0) is 10.7. The Kier molecular flexibility index (Phi) is 2.59. The molecular weight excluding hydrogens is 184 g/mol. The summed E-state index contributed by atoms with van der Waals surface area (Å²) in [5.74, 6) is 0. The van der Waals surface area contributed by atoms with Crippen molar-refractivity contribution >= 4 is 35.1 Å². The minimum atomic E-state index is 0.826. The van der Waals surface area contributed by atoms with Crippen molar-refractivity contribution in [1.29, 1.82) is 0 Å². The van der Waals surface area contributed by atoms with E-state index in [0.29, 0.717) is 0 Å². The fraction of sp³-hybridized carbons (Fsp3) is 0.0769. The summed E-state index contributed by atoms with van der Waals surface area (Å²) in [6.45, 7) is 5.45. The highest BCUT2D eigenvalue weighted by atomic mass is 14.8. The first-order chi connectivity index (χ1) is 7.36. The monoisotopic (exact) mass is 196 g/mol. The minimum absolute atomic E-state index is 0.826. The van der Waals surface area contributed by atoms with E-state index in [2.05, 4.69) is 22.8 Å². The quantitative estimate of drug-likeness (QED) is 0.651. The standard InChI is InChI=1S/C13H12N2/c1-3-15-13-11-7-5-4-6-10(11)8-9-12(13)14-2/h3-9H,2H2,1H3/b15-3-. The first kappa shape index (κ1) is 9.59. The Labute approximate surface area is 89.0 Å². The lowest BCUT2D eigenvalue weighted by atomic mass is 10.1. The minimum Gasteiger partial charge on any atom is -0.262 e. The Bertz CT molecular complexity index is 527. The molecule has 2 heteroatoms. The Morgan fingerprint density at radius 1 is 1.13 bits per heavy atom. The molecule has 2 rings (SSSR count). The van der Waals surface area contributed by atoms with Crippen LogP contribution in [0.5, 0.6) is 0 Å². The van der Waals surface area contributed by atoms with E-state index in [1.807, 2.05) is 37.3 Å². The van der Waals surface area contributed by atoms with Crippen LogP contribution in [0.3, 0.4) is 0 Å². The van der Waals surface area contributed by atoms with Gasteiger partial charge in [0.15, 0.2) is 0 Å². The third-order valence-corrected chi connectivity index (χ3v) is 2.31. The second kappa shape index (κ2) is 4.05. The Morgan fingerprint density at radius 3 is 2.67 bits per heavy atom. The summed E-state index contributed by atoms with van der Waals surface area (Å²) in [7, 11) is 0. The molecule has 0 heterocycles. The van der Waals surface area contributed by atoms with Crippen LogP contribution in [-0.2, 0) is 0 Å². The van der Waals surface area contributed by atoms with Gasteiger partial charge in [0.1, 0.15) is 0 Å². The van der Waals surface area contributed by atoms with E-state index in [9.17, 15) is 0 Å². The maximum Gasteiger partial charge on any atom is 0.0960 e. The molecule has 0 bridgehead atoms. The highest BCUT2D eigenvalue weighted by Gasteiger charge is 2.03. The van der Waals surface area contributed by atoms with Crippen molar-refractivity contribution in [3.05, 3.63) is 36.4 Å². The molecule has 0 aliphatic carbocycles. The zero-order valence-electron chi connectivity index (χ0n) is 8.64. The van der Waals surface area contributed by atoms with Crippen LogP contribution in [-0.4, -0.2) is 12.9 Å². The van der Waals surface area contributed by atoms with E-state index in [0.717, 1.165) is 16.8 Å². The number of hydrogen-bond acceptors (Lipinski definition) is 2. The SMILES string of the molecule is C=Nc1ccc2ccccc2c1/N=C\C. The third kappa shape index (κ3) is 1.66. The van der Waals surface area contributed by atoms with Gasteiger partial charge in [0.2, 0.25) is 0 Å². The van der Waals surface area contributed by atoms with Gasteiger partial charge in [-0.1, -0.05) is 30.3 Å². The topological polar surface area (TPSA) is 24.7 Å². The molecule has 2 aromatic carbocycles. The van der Waals surface area contributed by atoms with Crippen LogP contribution in [0.25, 0.3) is 10.8 Å². The van der Waals surface area contributed by atoms with E-state index in [-0.39, 0.29) is 0 Å². The number of benzene rings is 2. The van der Waals surface area contributed by atoms with Crippen LogP contribution >= 0.6 is 0 Å². The number of rotatable bonds is 2. The lowest BCUT2D eigenvalue weighted by Gasteiger charge is -2.04. The molecule has 0 aliphatic rings. The van der Waals surface area contributed by atoms with Gasteiger partial charge in [-0.3, -0.25) is 9.98 Å². The Balaban J connectivity index is 2.84. The largest absolute Gasteiger partial charge is 0.262 e. The predicted molar refractivity (Wildman–Crippen MR) is 67.0 cm³/mol. The highest BCUT2D eigenvalue weighted by Crippen LogP contribution is 2.35. The molecule has 0 spiro atoms. The number of fused-ring (bicyclic) bond motifs is 1. The smallest absolute Gasteiger partial charge is 0.0960 e. The summed E-state index contributed by atoms with van der Waals surface area (Å²) in [5.41, 5.74) is 1.72. The van der Waals surface area contributed by atoms with Crippen molar-refractivity contribution in [1.82, 2.24) is 0 Å². The first-order valence-electron chi connectivity index (χ1n) is 4.84. The summed E-state index contributed by atoms with van der Waals surface area (Å²) in [6.07, 6.45) is 1.77. The number of hydrogen-bond donors (Lipinski definition) is 0. The van der Waals surface area contributed by atoms with E-state index < -0.39 is 0 Å². The highest BCUT2D eigenvalue weighted by molar-refractivity contribution is 5.99. The van der Waals surface area contributed by atoms with Gasteiger partial charge in [0.25, 0.3) is 0 Å². The van der Waals surface area contributed by atoms with Gasteiger partial charge < -0.3 is 0 Å². The van der Waals surface area contributed by atoms with Gasteiger partial charge in [-0.15, -0.1) is 0 Å². The van der Waals surface area contributed by atoms with Crippen molar-refractivity contribution < 1.29 is 0 Å². The molecule has 0 saturated carbocycles. The van der Waals surface area contributed by atoms with Crippen LogP contribution < -0.4 is 0 Å². The predicted octanol–water partition coefficient (Wildman–Crippen LogP) is 3.89. The number of aliphatic imine (C=N–C) groups is 2. The maximum atomic E-state index is 4.35. The fourth-order valence-corrected chi connectivity index (χ4v) is 1.64. The van der Waals surface area contributed by atoms with Gasteiger partial charge in [-0.05, 0) is 25.1 Å². The van der Waals surface area contributed by atoms with Crippen LogP contribution in [0.2, 0.25) is 0 Å². The van der Waals surface area contributed by atoms with E-state index >= 15 is 0 Å². The van der Waals surface area contributed by atoms with E-state index in [1.165, 1.54) is 5.39 Å². The van der Waals surface area contributed by atoms with Crippen LogP contribution in [0, 0.1) is 0 Å². The molecule has 0 amide bonds. The van der Waals surface area contributed by atoms with Crippen molar-refractivity contribution in [2.45, 2.75) is 6.92 Å². The molecule has 0 saturated heterocycles. The molecule has 0 fully saturated rings. The van der Waals surface area contributed by atoms with Crippen LogP contribution in [0.4, 0.5) is 11.4 Å². The zero-order valence-corrected chi connectivity index (χ0v) is 8.64. The molecule has 0 radical (unpaired) electrons. The molecule has 74 valence electrons. The summed E-state index contributed by atoms with van der Waals surface area (Å²) in [6, 6.07) is 12.1.